The van der Waals surface area contributed by atoms with Gasteiger partial charge in [-0.3, -0.25) is 23.8 Å². The van der Waals surface area contributed by atoms with E-state index in [1.54, 1.807) is 0 Å². The number of nitro benzene ring substituents is 1. The maximum atomic E-state index is 12.0. The number of phenolic OH excluding ortho intramolecular Hbond substituents is 1. The normalized spacial score (nSPS) is 12.9. The molecule has 0 heterocycles. The van der Waals surface area contributed by atoms with E-state index in [1.165, 1.54) is 0 Å². The van der Waals surface area contributed by atoms with Crippen molar-refractivity contribution in [1.29, 1.82) is 0 Å². The van der Waals surface area contributed by atoms with E-state index < -0.39 is 94.9 Å². The number of azo groups is 1. The maximum absolute atomic E-state index is 12.0. The number of fused-ring (bicyclic) bond motifs is 1. The van der Waals surface area contributed by atoms with Crippen molar-refractivity contribution >= 4 is 69.6 Å². The van der Waals surface area contributed by atoms with Gasteiger partial charge in [0.1, 0.15) is 26.1 Å². The number of rotatable bonds is 6. The summed E-state index contributed by atoms with van der Waals surface area (Å²) in [5, 5.41) is 27.1. The van der Waals surface area contributed by atoms with Crippen LogP contribution in [0.1, 0.15) is 0 Å². The zero-order chi connectivity index (χ0) is 27.4. The Labute approximate surface area is 201 Å². The fourth-order valence-electron chi connectivity index (χ4n) is 3.06. The summed E-state index contributed by atoms with van der Waals surface area (Å²) in [6.07, 6.45) is 0. The fraction of sp³-hybridized carbons (Fsp3) is 0. The molecule has 17 nitrogen and oxygen atoms in total. The van der Waals surface area contributed by atoms with E-state index in [2.05, 4.69) is 10.2 Å². The molecule has 0 spiro atoms. The Hall–Kier alpha value is -3.95. The van der Waals surface area contributed by atoms with Gasteiger partial charge < -0.3 is 16.6 Å². The molecule has 20 heteroatoms. The second-order valence-corrected chi connectivity index (χ2v) is 11.1. The molecule has 0 aliphatic heterocycles. The zero-order valence-corrected chi connectivity index (χ0v) is 19.6. The van der Waals surface area contributed by atoms with Crippen molar-refractivity contribution in [3.05, 3.63) is 40.4 Å². The molecule has 0 atom stereocenters. The van der Waals surface area contributed by atoms with Crippen LogP contribution in [0.2, 0.25) is 0 Å². The molecule has 0 fully saturated rings. The number of nitrogens with two attached hydrogens (primary N) is 2. The largest absolute Gasteiger partial charge is 0.505 e. The van der Waals surface area contributed by atoms with Gasteiger partial charge >= 0.3 is 0 Å². The number of anilines is 2. The Morgan fingerprint density at radius 2 is 1.36 bits per heavy atom. The molecule has 0 radical (unpaired) electrons. The topological polar surface area (TPSA) is 303 Å². The van der Waals surface area contributed by atoms with E-state index in [0.717, 1.165) is 12.1 Å². The number of hydrogen-bond donors (Lipinski definition) is 6. The highest BCUT2D eigenvalue weighted by atomic mass is 32.2. The van der Waals surface area contributed by atoms with Crippen LogP contribution in [0.3, 0.4) is 0 Å². The third-order valence-electron chi connectivity index (χ3n) is 4.62. The first-order valence-corrected chi connectivity index (χ1v) is 13.2. The lowest BCUT2D eigenvalue weighted by atomic mass is 10.1. The summed E-state index contributed by atoms with van der Waals surface area (Å²) < 4.78 is 99.3. The standard InChI is InChI=1S/C16H13N5O12S3/c17-8-5-10(34(25,26)27)7-4-12(36(31,32)33)15(16(22)13(7)14(8)18)20-19-9-2-1-6(21(23)24)3-11(9)35(28,29)30/h1-5,22H,17-18H2,(H,25,26,27)(H,28,29,30)(H,31,32,33). The molecular weight excluding hydrogens is 550 g/mol. The smallest absolute Gasteiger partial charge is 0.297 e. The predicted molar refractivity (Wildman–Crippen MR) is 121 cm³/mol. The number of nitro groups is 1. The lowest BCUT2D eigenvalue weighted by molar-refractivity contribution is -0.385. The molecule has 0 unspecified atom stereocenters. The Morgan fingerprint density at radius 3 is 1.86 bits per heavy atom. The average molecular weight is 564 g/mol. The van der Waals surface area contributed by atoms with E-state index in [-0.39, 0.29) is 0 Å². The van der Waals surface area contributed by atoms with Gasteiger partial charge in [-0.05, 0) is 18.2 Å². The van der Waals surface area contributed by atoms with E-state index in [1.807, 2.05) is 0 Å². The minimum atomic E-state index is -5.31. The van der Waals surface area contributed by atoms with Gasteiger partial charge in [-0.15, -0.1) is 10.2 Å². The minimum Gasteiger partial charge on any atom is -0.505 e. The number of non-ortho nitro benzene ring substituents is 1. The van der Waals surface area contributed by atoms with Crippen molar-refractivity contribution in [2.75, 3.05) is 11.5 Å². The van der Waals surface area contributed by atoms with E-state index in [4.69, 9.17) is 11.5 Å². The van der Waals surface area contributed by atoms with E-state index in [0.29, 0.717) is 18.2 Å². The summed E-state index contributed by atoms with van der Waals surface area (Å²) in [6.45, 7) is 0. The second-order valence-electron chi connectivity index (χ2n) is 6.91. The number of nitrogens with zero attached hydrogens (tertiary/aromatic N) is 3. The monoisotopic (exact) mass is 563 g/mol. The Kier molecular flexibility index (Phi) is 6.38. The van der Waals surface area contributed by atoms with Gasteiger partial charge in [-0.25, -0.2) is 0 Å². The number of nitrogen functional groups attached to an aromatic ring is 2. The Bertz CT molecular complexity index is 1820. The third-order valence-corrected chi connectivity index (χ3v) is 7.26. The minimum absolute atomic E-state index is 0.421. The first kappa shape index (κ1) is 26.7. The van der Waals surface area contributed by atoms with Crippen LogP contribution in [0.4, 0.5) is 28.4 Å². The van der Waals surface area contributed by atoms with Crippen molar-refractivity contribution in [2.45, 2.75) is 14.7 Å². The molecule has 0 saturated carbocycles. The second kappa shape index (κ2) is 8.61. The van der Waals surface area contributed by atoms with Crippen LogP contribution in [0.25, 0.3) is 10.8 Å². The highest BCUT2D eigenvalue weighted by Gasteiger charge is 2.28. The first-order valence-electron chi connectivity index (χ1n) is 8.84. The molecule has 0 aromatic heterocycles. The summed E-state index contributed by atoms with van der Waals surface area (Å²) in [4.78, 5) is 6.56. The van der Waals surface area contributed by atoms with Crippen LogP contribution in [0, 0.1) is 10.1 Å². The quantitative estimate of drug-likeness (QED) is 0.0818. The van der Waals surface area contributed by atoms with Gasteiger partial charge in [0.2, 0.25) is 0 Å². The highest BCUT2D eigenvalue weighted by molar-refractivity contribution is 7.86. The van der Waals surface area contributed by atoms with Crippen LogP contribution in [-0.2, 0) is 30.4 Å². The summed E-state index contributed by atoms with van der Waals surface area (Å²) >= 11 is 0. The van der Waals surface area contributed by atoms with Gasteiger partial charge in [-0.2, -0.15) is 25.3 Å². The van der Waals surface area contributed by atoms with Crippen molar-refractivity contribution < 1.29 is 48.9 Å². The van der Waals surface area contributed by atoms with Crippen molar-refractivity contribution in [2.24, 2.45) is 10.2 Å². The highest BCUT2D eigenvalue weighted by Crippen LogP contribution is 2.47. The molecule has 0 saturated heterocycles. The fourth-order valence-corrected chi connectivity index (χ4v) is 5.06. The van der Waals surface area contributed by atoms with Crippen molar-refractivity contribution in [3.8, 4) is 5.75 Å². The average Bonchev–Trinajstić information content (AvgIpc) is 2.72. The van der Waals surface area contributed by atoms with Gasteiger partial charge in [-0.1, -0.05) is 0 Å². The molecule has 192 valence electrons. The molecule has 36 heavy (non-hydrogen) atoms. The van der Waals surface area contributed by atoms with Gasteiger partial charge in [0.15, 0.2) is 5.75 Å². The molecule has 8 N–H and O–H groups in total. The van der Waals surface area contributed by atoms with Crippen LogP contribution >= 0.6 is 0 Å². The van der Waals surface area contributed by atoms with E-state index in [9.17, 15) is 54.1 Å². The number of phenols is 1. The van der Waals surface area contributed by atoms with Gasteiger partial charge in [0.05, 0.1) is 21.7 Å². The van der Waals surface area contributed by atoms with Crippen LogP contribution < -0.4 is 11.5 Å². The number of hydrogen-bond acceptors (Lipinski definition) is 13. The molecule has 0 bridgehead atoms. The molecule has 3 rings (SSSR count). The molecule has 3 aromatic rings. The first-order chi connectivity index (χ1) is 16.3. The van der Waals surface area contributed by atoms with Crippen LogP contribution in [0.15, 0.2) is 55.2 Å². The predicted octanol–water partition coefficient (Wildman–Crippen LogP) is 1.77. The number of aromatic hydroxyl groups is 1. The van der Waals surface area contributed by atoms with Gasteiger partial charge in [0, 0.05) is 17.5 Å². The molecule has 0 aliphatic rings. The SMILES string of the molecule is Nc1cc(S(=O)(=O)O)c2cc(S(=O)(=O)O)c(N=Nc3ccc([N+](=O)[O-])cc3S(=O)(=O)O)c(O)c2c1N. The van der Waals surface area contributed by atoms with Crippen molar-refractivity contribution in [3.63, 3.8) is 0 Å². The van der Waals surface area contributed by atoms with Crippen LogP contribution in [0.5, 0.6) is 5.75 Å². The lowest BCUT2D eigenvalue weighted by Crippen LogP contribution is -2.06. The Morgan fingerprint density at radius 1 is 0.806 bits per heavy atom. The van der Waals surface area contributed by atoms with Gasteiger partial charge in [0.25, 0.3) is 36.0 Å². The zero-order valence-electron chi connectivity index (χ0n) is 17.2. The Balaban J connectivity index is 2.45. The van der Waals surface area contributed by atoms with Crippen LogP contribution in [-0.4, -0.2) is 48.9 Å². The third kappa shape index (κ3) is 4.89. The summed E-state index contributed by atoms with van der Waals surface area (Å²) in [5.41, 5.74) is 7.79. The summed E-state index contributed by atoms with van der Waals surface area (Å²) in [7, 11) is -15.5. The van der Waals surface area contributed by atoms with Crippen molar-refractivity contribution in [1.82, 2.24) is 0 Å². The molecule has 0 amide bonds. The number of benzene rings is 3. The summed E-state index contributed by atoms with van der Waals surface area (Å²) in [6, 6.07) is 3.04. The molecule has 0 aliphatic carbocycles. The van der Waals surface area contributed by atoms with E-state index >= 15 is 0 Å². The molecular formula is C16H13N5O12S3. The molecule has 3 aromatic carbocycles. The lowest BCUT2D eigenvalue weighted by Gasteiger charge is -2.14. The summed E-state index contributed by atoms with van der Waals surface area (Å²) in [5.74, 6) is -1.21. The maximum Gasteiger partial charge on any atom is 0.297 e.